The number of amides is 1. The Labute approximate surface area is 177 Å². The molecule has 1 aliphatic carbocycles. The second-order valence-electron chi connectivity index (χ2n) is 9.97. The summed E-state index contributed by atoms with van der Waals surface area (Å²) in [7, 11) is -0.894. The zero-order chi connectivity index (χ0) is 21.3. The van der Waals surface area contributed by atoms with Gasteiger partial charge < -0.3 is 14.1 Å². The van der Waals surface area contributed by atoms with E-state index in [0.29, 0.717) is 11.6 Å². The van der Waals surface area contributed by atoms with Crippen molar-refractivity contribution in [2.75, 3.05) is 0 Å². The van der Waals surface area contributed by atoms with Crippen molar-refractivity contribution in [3.8, 4) is 0 Å². The van der Waals surface area contributed by atoms with Crippen molar-refractivity contribution in [2.24, 2.45) is 5.41 Å². The molecule has 6 heteroatoms. The normalized spacial score (nSPS) is 16.2. The van der Waals surface area contributed by atoms with E-state index >= 15 is 0 Å². The van der Waals surface area contributed by atoms with Crippen molar-refractivity contribution in [1.82, 2.24) is 4.90 Å². The molecule has 1 amide bonds. The first-order valence-corrected chi connectivity index (χ1v) is 12.8. The fourth-order valence-corrected chi connectivity index (χ4v) is 4.25. The summed E-state index contributed by atoms with van der Waals surface area (Å²) in [6.45, 7) is 17.0. The molecule has 1 aromatic rings. The minimum atomic E-state index is -0.894. The van der Waals surface area contributed by atoms with Gasteiger partial charge in [0.15, 0.2) is 0 Å². The molecule has 1 saturated carbocycles. The van der Waals surface area contributed by atoms with Crippen LogP contribution in [0.4, 0.5) is 4.79 Å². The first kappa shape index (κ1) is 23.2. The lowest BCUT2D eigenvalue weighted by Gasteiger charge is -2.34. The number of nitrogens with zero attached hydrogens (tertiary/aromatic N) is 1. The highest BCUT2D eigenvalue weighted by Crippen LogP contribution is 2.40. The minimum Gasteiger partial charge on any atom is -0.444 e. The molecule has 1 unspecified atom stereocenters. The number of halogens is 1. The third-order valence-electron chi connectivity index (χ3n) is 4.45. The van der Waals surface area contributed by atoms with E-state index < -0.39 is 14.6 Å². The molecule has 2 rings (SSSR count). The topological polar surface area (TPSA) is 38.8 Å². The van der Waals surface area contributed by atoms with Crippen molar-refractivity contribution >= 4 is 26.7 Å². The third-order valence-corrected chi connectivity index (χ3v) is 5.50. The molecule has 0 aliphatic heterocycles. The Kier molecular flexibility index (Phi) is 7.27. The van der Waals surface area contributed by atoms with E-state index in [0.717, 1.165) is 24.0 Å². The van der Waals surface area contributed by atoms with Gasteiger partial charge in [-0.25, -0.2) is 4.79 Å². The zero-order valence-electron chi connectivity index (χ0n) is 18.6. The Morgan fingerprint density at radius 3 is 2.29 bits per heavy atom. The van der Waals surface area contributed by atoms with E-state index in [4.69, 9.17) is 20.8 Å². The van der Waals surface area contributed by atoms with Gasteiger partial charge in [0.2, 0.25) is 9.04 Å². The minimum absolute atomic E-state index is 0.0778. The Morgan fingerprint density at radius 2 is 1.82 bits per heavy atom. The summed E-state index contributed by atoms with van der Waals surface area (Å²) in [6.07, 6.45) is 1.73. The molecule has 0 saturated heterocycles. The number of carbonyl (C=O) groups is 1. The standard InChI is InChI=1S/C22H35ClNO3Si/c1-21(2,3)19(27-28(7)8)17-13-15(9-12-18(17)23)14-24(16-10-11-16)20(25)26-22(4,5)6/h9,12-13,16,19H,10-11,14H2,1-8H3. The highest BCUT2D eigenvalue weighted by atomic mass is 35.5. The predicted molar refractivity (Wildman–Crippen MR) is 117 cm³/mol. The molecule has 0 aromatic heterocycles. The molecule has 1 atom stereocenters. The lowest BCUT2D eigenvalue weighted by molar-refractivity contribution is 0.0216. The van der Waals surface area contributed by atoms with Gasteiger partial charge in [-0.05, 0) is 75.4 Å². The molecule has 0 spiro atoms. The summed E-state index contributed by atoms with van der Waals surface area (Å²) in [5.41, 5.74) is 1.47. The fourth-order valence-electron chi connectivity index (χ4n) is 3.08. The van der Waals surface area contributed by atoms with Crippen LogP contribution in [-0.4, -0.2) is 31.7 Å². The van der Waals surface area contributed by atoms with Gasteiger partial charge in [-0.2, -0.15) is 0 Å². The zero-order valence-corrected chi connectivity index (χ0v) is 20.3. The molecular formula is C22H35ClNO3Si. The van der Waals surface area contributed by atoms with E-state index in [1.165, 1.54) is 0 Å². The maximum atomic E-state index is 12.7. The van der Waals surface area contributed by atoms with Crippen molar-refractivity contribution in [2.45, 2.75) is 91.8 Å². The fraction of sp³-hybridized carbons (Fsp3) is 0.682. The number of hydrogen-bond acceptors (Lipinski definition) is 3. The SMILES string of the molecule is C[Si](C)OC(c1cc(CN(C(=O)OC(C)(C)C)C2CC2)ccc1Cl)C(C)(C)C. The molecule has 4 nitrogen and oxygen atoms in total. The first-order valence-electron chi connectivity index (χ1n) is 10.0. The van der Waals surface area contributed by atoms with Crippen LogP contribution in [0.1, 0.15) is 71.6 Å². The van der Waals surface area contributed by atoms with Gasteiger partial charge in [0.1, 0.15) is 5.60 Å². The van der Waals surface area contributed by atoms with Gasteiger partial charge in [-0.3, -0.25) is 0 Å². The van der Waals surface area contributed by atoms with Crippen LogP contribution >= 0.6 is 11.6 Å². The second kappa shape index (κ2) is 8.76. The van der Waals surface area contributed by atoms with E-state index in [-0.39, 0.29) is 23.7 Å². The summed E-state index contributed by atoms with van der Waals surface area (Å²) >= 11 is 6.57. The molecular weight excluding hydrogens is 390 g/mol. The van der Waals surface area contributed by atoms with Crippen LogP contribution in [0.25, 0.3) is 0 Å². The number of hydrogen-bond donors (Lipinski definition) is 0. The largest absolute Gasteiger partial charge is 0.444 e. The molecule has 1 aliphatic rings. The molecule has 28 heavy (non-hydrogen) atoms. The smallest absolute Gasteiger partial charge is 0.410 e. The van der Waals surface area contributed by atoms with Gasteiger partial charge >= 0.3 is 6.09 Å². The molecule has 1 radical (unpaired) electrons. The first-order chi connectivity index (χ1) is 12.8. The lowest BCUT2D eigenvalue weighted by atomic mass is 9.84. The van der Waals surface area contributed by atoms with E-state index in [9.17, 15) is 4.79 Å². The maximum Gasteiger partial charge on any atom is 0.410 e. The van der Waals surface area contributed by atoms with Crippen molar-refractivity contribution < 1.29 is 14.0 Å². The number of ether oxygens (including phenoxy) is 1. The number of carbonyl (C=O) groups excluding carboxylic acids is 1. The molecule has 0 heterocycles. The Morgan fingerprint density at radius 1 is 1.21 bits per heavy atom. The average molecular weight is 425 g/mol. The highest BCUT2D eigenvalue weighted by Gasteiger charge is 2.36. The summed E-state index contributed by atoms with van der Waals surface area (Å²) in [4.78, 5) is 14.5. The van der Waals surface area contributed by atoms with E-state index in [1.807, 2.05) is 37.8 Å². The Hall–Kier alpha value is -1.04. The monoisotopic (exact) mass is 424 g/mol. The Balaban J connectivity index is 2.28. The molecule has 1 aromatic carbocycles. The van der Waals surface area contributed by atoms with Gasteiger partial charge in [0, 0.05) is 17.6 Å². The summed E-state index contributed by atoms with van der Waals surface area (Å²) in [5.74, 6) is 0. The van der Waals surface area contributed by atoms with Crippen LogP contribution in [0.3, 0.4) is 0 Å². The van der Waals surface area contributed by atoms with Gasteiger partial charge in [0.25, 0.3) is 0 Å². The van der Waals surface area contributed by atoms with E-state index in [1.54, 1.807) is 0 Å². The molecule has 1 fully saturated rings. The van der Waals surface area contributed by atoms with Crippen LogP contribution in [0.2, 0.25) is 18.1 Å². The summed E-state index contributed by atoms with van der Waals surface area (Å²) in [5, 5.41) is 0.710. The van der Waals surface area contributed by atoms with E-state index in [2.05, 4.69) is 39.9 Å². The number of rotatable bonds is 6. The third kappa shape index (κ3) is 6.78. The van der Waals surface area contributed by atoms with Crippen molar-refractivity contribution in [3.05, 3.63) is 34.3 Å². The van der Waals surface area contributed by atoms with Crippen LogP contribution in [0.5, 0.6) is 0 Å². The van der Waals surface area contributed by atoms with Crippen LogP contribution in [-0.2, 0) is 15.7 Å². The van der Waals surface area contributed by atoms with Crippen LogP contribution in [0, 0.1) is 5.41 Å². The second-order valence-corrected chi connectivity index (χ2v) is 12.4. The van der Waals surface area contributed by atoms with Crippen molar-refractivity contribution in [3.63, 3.8) is 0 Å². The quantitative estimate of drug-likeness (QED) is 0.483. The highest BCUT2D eigenvalue weighted by molar-refractivity contribution is 6.48. The van der Waals surface area contributed by atoms with Crippen molar-refractivity contribution in [1.29, 1.82) is 0 Å². The Bertz CT molecular complexity index is 690. The van der Waals surface area contributed by atoms with Gasteiger partial charge in [-0.1, -0.05) is 38.4 Å². The maximum absolute atomic E-state index is 12.7. The lowest BCUT2D eigenvalue weighted by Crippen LogP contribution is -2.37. The molecule has 0 N–H and O–H groups in total. The molecule has 0 bridgehead atoms. The predicted octanol–water partition coefficient (Wildman–Crippen LogP) is 6.59. The molecule has 157 valence electrons. The average Bonchev–Trinajstić information content (AvgIpc) is 3.33. The number of benzene rings is 1. The van der Waals surface area contributed by atoms with Gasteiger partial charge in [0.05, 0.1) is 6.10 Å². The summed E-state index contributed by atoms with van der Waals surface area (Å²) < 4.78 is 11.9. The van der Waals surface area contributed by atoms with Gasteiger partial charge in [-0.15, -0.1) is 0 Å². The summed E-state index contributed by atoms with van der Waals surface area (Å²) in [6, 6.07) is 6.29. The van der Waals surface area contributed by atoms with Crippen LogP contribution < -0.4 is 0 Å². The van der Waals surface area contributed by atoms with Crippen LogP contribution in [0.15, 0.2) is 18.2 Å².